The summed E-state index contributed by atoms with van der Waals surface area (Å²) in [4.78, 5) is 4.65. The summed E-state index contributed by atoms with van der Waals surface area (Å²) in [5.41, 5.74) is 0. The summed E-state index contributed by atoms with van der Waals surface area (Å²) >= 11 is 0. The Hall–Kier alpha value is -1.95. The Kier molecular flexibility index (Phi) is 12.1. The van der Waals surface area contributed by atoms with Crippen LogP contribution in [0.4, 0.5) is 0 Å². The largest absolute Gasteiger partial charge is 0.497 e. The van der Waals surface area contributed by atoms with E-state index in [1.807, 2.05) is 24.3 Å². The molecule has 0 fully saturated rings. The van der Waals surface area contributed by atoms with Crippen molar-refractivity contribution in [3.05, 3.63) is 24.3 Å². The van der Waals surface area contributed by atoms with Crippen LogP contribution in [0.2, 0.25) is 0 Å². The van der Waals surface area contributed by atoms with Crippen LogP contribution in [0.3, 0.4) is 0 Å². The van der Waals surface area contributed by atoms with Crippen LogP contribution in [0.1, 0.15) is 39.5 Å². The molecular formula is C20H35N3O3. The van der Waals surface area contributed by atoms with Crippen LogP contribution in [0, 0.1) is 5.92 Å². The Balaban J connectivity index is 2.31. The Morgan fingerprint density at radius 3 is 2.46 bits per heavy atom. The highest BCUT2D eigenvalue weighted by Crippen LogP contribution is 2.17. The molecule has 0 amide bonds. The summed E-state index contributed by atoms with van der Waals surface area (Å²) in [7, 11) is 1.65. The number of methoxy groups -OCH3 is 1. The van der Waals surface area contributed by atoms with Gasteiger partial charge >= 0.3 is 0 Å². The average Bonchev–Trinajstić information content (AvgIpc) is 2.66. The third-order valence-electron chi connectivity index (χ3n) is 4.03. The molecule has 0 aromatic heterocycles. The molecule has 0 saturated heterocycles. The SMILES string of the molecule is CCCC(CCO)CN=C(NCC)NCCCOc1ccc(OC)cc1. The number of aliphatic hydroxyl groups excluding tert-OH is 1. The maximum atomic E-state index is 9.16. The predicted molar refractivity (Wildman–Crippen MR) is 107 cm³/mol. The van der Waals surface area contributed by atoms with Gasteiger partial charge in [-0.05, 0) is 56.4 Å². The third kappa shape index (κ3) is 9.51. The fraction of sp³-hybridized carbons (Fsp3) is 0.650. The van der Waals surface area contributed by atoms with Crippen LogP contribution < -0.4 is 20.1 Å². The van der Waals surface area contributed by atoms with E-state index in [1.54, 1.807) is 7.11 Å². The molecule has 0 heterocycles. The number of rotatable bonds is 13. The summed E-state index contributed by atoms with van der Waals surface area (Å²) in [6.45, 7) is 7.45. The molecule has 0 aliphatic heterocycles. The molecule has 6 heteroatoms. The average molecular weight is 366 g/mol. The zero-order valence-corrected chi connectivity index (χ0v) is 16.5. The van der Waals surface area contributed by atoms with Crippen molar-refractivity contribution in [2.24, 2.45) is 10.9 Å². The first-order chi connectivity index (χ1) is 12.7. The topological polar surface area (TPSA) is 75.1 Å². The lowest BCUT2D eigenvalue weighted by Gasteiger charge is -2.15. The zero-order chi connectivity index (χ0) is 19.0. The Labute approximate surface area is 158 Å². The van der Waals surface area contributed by atoms with Gasteiger partial charge in [0, 0.05) is 26.2 Å². The molecule has 0 aliphatic carbocycles. The second-order valence-corrected chi connectivity index (χ2v) is 6.19. The van der Waals surface area contributed by atoms with Gasteiger partial charge in [-0.2, -0.15) is 0 Å². The van der Waals surface area contributed by atoms with Crippen molar-refractivity contribution in [2.45, 2.75) is 39.5 Å². The van der Waals surface area contributed by atoms with E-state index in [0.717, 1.165) is 62.8 Å². The van der Waals surface area contributed by atoms with Gasteiger partial charge in [0.2, 0.25) is 0 Å². The molecule has 1 unspecified atom stereocenters. The quantitative estimate of drug-likeness (QED) is 0.285. The van der Waals surface area contributed by atoms with E-state index in [-0.39, 0.29) is 6.61 Å². The second kappa shape index (κ2) is 14.2. The van der Waals surface area contributed by atoms with Crippen molar-refractivity contribution in [3.63, 3.8) is 0 Å². The van der Waals surface area contributed by atoms with Crippen molar-refractivity contribution >= 4 is 5.96 Å². The van der Waals surface area contributed by atoms with E-state index in [9.17, 15) is 0 Å². The smallest absolute Gasteiger partial charge is 0.191 e. The molecule has 26 heavy (non-hydrogen) atoms. The fourth-order valence-corrected chi connectivity index (χ4v) is 2.62. The molecule has 0 spiro atoms. The lowest BCUT2D eigenvalue weighted by atomic mass is 10.0. The predicted octanol–water partition coefficient (Wildman–Crippen LogP) is 2.82. The zero-order valence-electron chi connectivity index (χ0n) is 16.5. The number of guanidine groups is 1. The molecule has 1 rings (SSSR count). The van der Waals surface area contributed by atoms with Crippen molar-refractivity contribution in [3.8, 4) is 11.5 Å². The first-order valence-corrected chi connectivity index (χ1v) is 9.63. The standard InChI is InChI=1S/C20H35N3O3/c1-4-7-17(12-14-24)16-23-20(21-5-2)22-13-6-15-26-19-10-8-18(25-3)9-11-19/h8-11,17,24H,4-7,12-16H2,1-3H3,(H2,21,22,23). The van der Waals surface area contributed by atoms with Gasteiger partial charge in [-0.1, -0.05) is 13.3 Å². The van der Waals surface area contributed by atoms with Crippen molar-refractivity contribution in [1.29, 1.82) is 0 Å². The molecule has 1 atom stereocenters. The number of nitrogens with zero attached hydrogens (tertiary/aromatic N) is 1. The number of ether oxygens (including phenoxy) is 2. The number of hydrogen-bond donors (Lipinski definition) is 3. The maximum Gasteiger partial charge on any atom is 0.191 e. The highest BCUT2D eigenvalue weighted by atomic mass is 16.5. The van der Waals surface area contributed by atoms with Gasteiger partial charge in [-0.25, -0.2) is 0 Å². The van der Waals surface area contributed by atoms with Crippen molar-refractivity contribution in [2.75, 3.05) is 40.0 Å². The van der Waals surface area contributed by atoms with E-state index in [2.05, 4.69) is 29.5 Å². The molecule has 1 aromatic rings. The molecular weight excluding hydrogens is 330 g/mol. The number of aliphatic imine (C=N–C) groups is 1. The van der Waals surface area contributed by atoms with Crippen LogP contribution in [-0.4, -0.2) is 51.0 Å². The summed E-state index contributed by atoms with van der Waals surface area (Å²) in [5, 5.41) is 15.8. The molecule has 0 saturated carbocycles. The van der Waals surface area contributed by atoms with Crippen molar-refractivity contribution < 1.29 is 14.6 Å². The number of benzene rings is 1. The third-order valence-corrected chi connectivity index (χ3v) is 4.03. The van der Waals surface area contributed by atoms with Gasteiger partial charge in [-0.3, -0.25) is 4.99 Å². The molecule has 6 nitrogen and oxygen atoms in total. The number of nitrogens with one attached hydrogen (secondary N) is 2. The Morgan fingerprint density at radius 2 is 1.85 bits per heavy atom. The minimum absolute atomic E-state index is 0.229. The molecule has 148 valence electrons. The number of aliphatic hydroxyl groups is 1. The summed E-state index contributed by atoms with van der Waals surface area (Å²) in [5.74, 6) is 2.95. The first kappa shape index (κ1) is 22.1. The molecule has 0 bridgehead atoms. The summed E-state index contributed by atoms with van der Waals surface area (Å²) in [6.07, 6.45) is 3.91. The normalized spacial score (nSPS) is 12.5. The highest BCUT2D eigenvalue weighted by molar-refractivity contribution is 5.79. The Morgan fingerprint density at radius 1 is 1.12 bits per heavy atom. The van der Waals surface area contributed by atoms with Gasteiger partial charge < -0.3 is 25.2 Å². The molecule has 0 aliphatic rings. The molecule has 0 radical (unpaired) electrons. The van der Waals surface area contributed by atoms with Gasteiger partial charge in [0.25, 0.3) is 0 Å². The lowest BCUT2D eigenvalue weighted by Crippen LogP contribution is -2.38. The van der Waals surface area contributed by atoms with Crippen LogP contribution in [-0.2, 0) is 0 Å². The van der Waals surface area contributed by atoms with Crippen LogP contribution in [0.5, 0.6) is 11.5 Å². The Bertz CT molecular complexity index is 486. The van der Waals surface area contributed by atoms with Gasteiger partial charge in [0.05, 0.1) is 13.7 Å². The summed E-state index contributed by atoms with van der Waals surface area (Å²) < 4.78 is 10.9. The fourth-order valence-electron chi connectivity index (χ4n) is 2.62. The van der Waals surface area contributed by atoms with Crippen LogP contribution in [0.15, 0.2) is 29.3 Å². The van der Waals surface area contributed by atoms with E-state index < -0.39 is 0 Å². The lowest BCUT2D eigenvalue weighted by molar-refractivity contribution is 0.253. The highest BCUT2D eigenvalue weighted by Gasteiger charge is 2.07. The minimum atomic E-state index is 0.229. The first-order valence-electron chi connectivity index (χ1n) is 9.63. The maximum absolute atomic E-state index is 9.16. The molecule has 1 aromatic carbocycles. The van der Waals surface area contributed by atoms with Gasteiger partial charge in [0.15, 0.2) is 5.96 Å². The van der Waals surface area contributed by atoms with E-state index in [4.69, 9.17) is 14.6 Å². The summed E-state index contributed by atoms with van der Waals surface area (Å²) in [6, 6.07) is 7.60. The van der Waals surface area contributed by atoms with Gasteiger partial charge in [0.1, 0.15) is 11.5 Å². The van der Waals surface area contributed by atoms with E-state index >= 15 is 0 Å². The van der Waals surface area contributed by atoms with Crippen LogP contribution >= 0.6 is 0 Å². The van der Waals surface area contributed by atoms with Crippen LogP contribution in [0.25, 0.3) is 0 Å². The van der Waals surface area contributed by atoms with E-state index in [1.165, 1.54) is 0 Å². The second-order valence-electron chi connectivity index (χ2n) is 6.19. The van der Waals surface area contributed by atoms with Gasteiger partial charge in [-0.15, -0.1) is 0 Å². The molecule has 3 N–H and O–H groups in total. The minimum Gasteiger partial charge on any atom is -0.497 e. The monoisotopic (exact) mass is 365 g/mol. The van der Waals surface area contributed by atoms with Crippen molar-refractivity contribution in [1.82, 2.24) is 10.6 Å². The van der Waals surface area contributed by atoms with E-state index in [0.29, 0.717) is 12.5 Å². The number of hydrogen-bond acceptors (Lipinski definition) is 4.